The summed E-state index contributed by atoms with van der Waals surface area (Å²) >= 11 is 0. The topological polar surface area (TPSA) is 96.5 Å². The van der Waals surface area contributed by atoms with Crippen LogP contribution in [0.3, 0.4) is 0 Å². The molecule has 8 heteroatoms. The molecule has 0 aliphatic carbocycles. The maximum atomic E-state index is 15.6. The van der Waals surface area contributed by atoms with E-state index in [2.05, 4.69) is 37.2 Å². The van der Waals surface area contributed by atoms with Crippen LogP contribution in [0.25, 0.3) is 28.0 Å². The molecule has 1 amide bonds. The Hall–Kier alpha value is -4.72. The lowest BCUT2D eigenvalue weighted by Crippen LogP contribution is -2.22. The van der Waals surface area contributed by atoms with Crippen molar-refractivity contribution in [3.8, 4) is 11.1 Å². The first kappa shape index (κ1) is 25.0. The molecule has 0 unspecified atom stereocenters. The van der Waals surface area contributed by atoms with Gasteiger partial charge in [0.15, 0.2) is 0 Å². The molecule has 0 atom stereocenters. The van der Waals surface area contributed by atoms with Gasteiger partial charge in [-0.05, 0) is 65.4 Å². The second kappa shape index (κ2) is 11.6. The third-order valence-corrected chi connectivity index (χ3v) is 6.31. The fourth-order valence-corrected chi connectivity index (χ4v) is 4.43. The van der Waals surface area contributed by atoms with E-state index in [9.17, 15) is 4.79 Å². The van der Waals surface area contributed by atoms with Crippen molar-refractivity contribution < 1.29 is 9.18 Å². The monoisotopic (exact) mass is 506 g/mol. The van der Waals surface area contributed by atoms with Crippen molar-refractivity contribution in [1.29, 1.82) is 0 Å². The summed E-state index contributed by atoms with van der Waals surface area (Å²) in [5.74, 6) is -0.621. The van der Waals surface area contributed by atoms with Crippen molar-refractivity contribution in [2.75, 3.05) is 0 Å². The van der Waals surface area contributed by atoms with E-state index in [4.69, 9.17) is 0 Å². The number of fused-ring (bicyclic) bond motifs is 1. The molecule has 0 saturated heterocycles. The fraction of sp³-hybridized carbons (Fsp3) is 0.167. The SMILES string of the molecule is CCCc1c(-c2cccnc2)ccnc1/C(F)=C\Cc1c[nH]c2ncc(C(=O)NCc3cccnc3)cc12. The highest BCUT2D eigenvalue weighted by molar-refractivity contribution is 5.97. The number of carbonyl (C=O) groups excluding carboxylic acids is 1. The molecule has 38 heavy (non-hydrogen) atoms. The summed E-state index contributed by atoms with van der Waals surface area (Å²) in [5, 5.41) is 3.66. The minimum absolute atomic E-state index is 0.238. The Kier molecular flexibility index (Phi) is 7.59. The molecular weight excluding hydrogens is 479 g/mol. The van der Waals surface area contributed by atoms with E-state index in [0.29, 0.717) is 36.3 Å². The molecule has 0 spiro atoms. The zero-order chi connectivity index (χ0) is 26.3. The predicted molar refractivity (Wildman–Crippen MR) is 146 cm³/mol. The fourth-order valence-electron chi connectivity index (χ4n) is 4.43. The third-order valence-electron chi connectivity index (χ3n) is 6.31. The molecule has 0 bridgehead atoms. The van der Waals surface area contributed by atoms with Crippen molar-refractivity contribution in [1.82, 2.24) is 30.2 Å². The molecule has 5 heterocycles. The lowest BCUT2D eigenvalue weighted by molar-refractivity contribution is 0.0950. The van der Waals surface area contributed by atoms with Crippen molar-refractivity contribution in [2.24, 2.45) is 0 Å². The smallest absolute Gasteiger partial charge is 0.253 e. The van der Waals surface area contributed by atoms with Gasteiger partial charge in [-0.2, -0.15) is 0 Å². The average molecular weight is 507 g/mol. The molecule has 0 radical (unpaired) electrons. The number of rotatable bonds is 9. The quantitative estimate of drug-likeness (QED) is 0.261. The molecule has 5 aromatic heterocycles. The number of carbonyl (C=O) groups is 1. The van der Waals surface area contributed by atoms with Gasteiger partial charge < -0.3 is 10.3 Å². The van der Waals surface area contributed by atoms with Crippen molar-refractivity contribution in [2.45, 2.75) is 32.7 Å². The summed E-state index contributed by atoms with van der Waals surface area (Å²) in [7, 11) is 0. The van der Waals surface area contributed by atoms with Gasteiger partial charge in [0.05, 0.1) is 5.56 Å². The third kappa shape index (κ3) is 5.49. The summed E-state index contributed by atoms with van der Waals surface area (Å²) in [6, 6.07) is 11.2. The van der Waals surface area contributed by atoms with Crippen molar-refractivity contribution in [3.05, 3.63) is 114 Å². The second-order valence-electron chi connectivity index (χ2n) is 8.91. The van der Waals surface area contributed by atoms with Gasteiger partial charge in [0, 0.05) is 60.9 Å². The lowest BCUT2D eigenvalue weighted by atomic mass is 9.96. The van der Waals surface area contributed by atoms with E-state index in [0.717, 1.165) is 39.6 Å². The molecule has 2 N–H and O–H groups in total. The zero-order valence-electron chi connectivity index (χ0n) is 21.0. The first-order valence-electron chi connectivity index (χ1n) is 12.5. The van der Waals surface area contributed by atoms with Crippen molar-refractivity contribution >= 4 is 22.8 Å². The summed E-state index contributed by atoms with van der Waals surface area (Å²) in [6.45, 7) is 2.43. The minimum Gasteiger partial charge on any atom is -0.348 e. The number of aromatic nitrogens is 5. The maximum absolute atomic E-state index is 15.6. The molecule has 190 valence electrons. The Morgan fingerprint density at radius 1 is 1.05 bits per heavy atom. The Labute approximate surface area is 219 Å². The number of H-pyrrole nitrogens is 1. The molecule has 0 aliphatic heterocycles. The summed E-state index contributed by atoms with van der Waals surface area (Å²) in [5.41, 5.74) is 5.90. The van der Waals surface area contributed by atoms with Crippen LogP contribution in [0.15, 0.2) is 85.9 Å². The van der Waals surface area contributed by atoms with Crippen LogP contribution in [0.2, 0.25) is 0 Å². The van der Waals surface area contributed by atoms with E-state index in [1.807, 2.05) is 30.3 Å². The highest BCUT2D eigenvalue weighted by Crippen LogP contribution is 2.30. The number of amides is 1. The van der Waals surface area contributed by atoms with E-state index in [1.165, 1.54) is 12.3 Å². The average Bonchev–Trinajstić information content (AvgIpc) is 3.38. The van der Waals surface area contributed by atoms with E-state index in [1.54, 1.807) is 43.2 Å². The van der Waals surface area contributed by atoms with Crippen LogP contribution in [0, 0.1) is 0 Å². The zero-order valence-corrected chi connectivity index (χ0v) is 21.0. The van der Waals surface area contributed by atoms with Gasteiger partial charge in [-0.15, -0.1) is 0 Å². The van der Waals surface area contributed by atoms with E-state index in [-0.39, 0.29) is 11.7 Å². The second-order valence-corrected chi connectivity index (χ2v) is 8.91. The van der Waals surface area contributed by atoms with E-state index >= 15 is 4.39 Å². The van der Waals surface area contributed by atoms with Gasteiger partial charge in [-0.3, -0.25) is 19.7 Å². The van der Waals surface area contributed by atoms with Gasteiger partial charge in [-0.25, -0.2) is 9.37 Å². The molecule has 0 fully saturated rings. The first-order valence-corrected chi connectivity index (χ1v) is 12.5. The Bertz CT molecular complexity index is 1580. The number of aromatic amines is 1. The molecule has 7 nitrogen and oxygen atoms in total. The predicted octanol–water partition coefficient (Wildman–Crippen LogP) is 5.85. The Balaban J connectivity index is 1.38. The van der Waals surface area contributed by atoms with Crippen LogP contribution in [-0.2, 0) is 19.4 Å². The van der Waals surface area contributed by atoms with Crippen LogP contribution in [0.4, 0.5) is 4.39 Å². The van der Waals surface area contributed by atoms with Crippen LogP contribution in [-0.4, -0.2) is 30.8 Å². The minimum atomic E-state index is -0.383. The number of pyridine rings is 4. The lowest BCUT2D eigenvalue weighted by Gasteiger charge is -2.12. The van der Waals surface area contributed by atoms with E-state index < -0.39 is 0 Å². The summed E-state index contributed by atoms with van der Waals surface area (Å²) in [6.07, 6.45) is 15.3. The van der Waals surface area contributed by atoms with Gasteiger partial charge in [-0.1, -0.05) is 25.5 Å². The molecule has 5 rings (SSSR count). The Morgan fingerprint density at radius 2 is 1.89 bits per heavy atom. The molecule has 0 aromatic carbocycles. The standard InChI is InChI=1S/C30H27FN6O/c1-2-5-25-24(21-7-4-12-33-17-21)10-13-34-28(25)27(31)9-8-22-18-35-29-26(22)14-23(19-36-29)30(38)37-16-20-6-3-11-32-15-20/h3-4,6-7,9-15,17-19H,2,5,8,16H2,1H3,(H,35,36)(H,37,38)/b27-9+. The Morgan fingerprint density at radius 3 is 2.66 bits per heavy atom. The highest BCUT2D eigenvalue weighted by atomic mass is 19.1. The molecule has 0 aliphatic rings. The summed E-state index contributed by atoms with van der Waals surface area (Å²) < 4.78 is 15.6. The largest absolute Gasteiger partial charge is 0.348 e. The van der Waals surface area contributed by atoms with Gasteiger partial charge in [0.1, 0.15) is 17.2 Å². The van der Waals surface area contributed by atoms with Crippen molar-refractivity contribution in [3.63, 3.8) is 0 Å². The number of nitrogens with zero attached hydrogens (tertiary/aromatic N) is 4. The first-order chi connectivity index (χ1) is 18.6. The molecular formula is C30H27FN6O. The van der Waals surface area contributed by atoms with Gasteiger partial charge >= 0.3 is 0 Å². The molecule has 0 saturated carbocycles. The summed E-state index contributed by atoms with van der Waals surface area (Å²) in [4.78, 5) is 32.9. The highest BCUT2D eigenvalue weighted by Gasteiger charge is 2.16. The normalized spacial score (nSPS) is 11.6. The van der Waals surface area contributed by atoms with Crippen LogP contribution < -0.4 is 5.32 Å². The molecule has 5 aromatic rings. The number of halogens is 1. The van der Waals surface area contributed by atoms with Gasteiger partial charge in [0.2, 0.25) is 0 Å². The van der Waals surface area contributed by atoms with Crippen LogP contribution in [0.1, 0.15) is 46.1 Å². The number of allylic oxidation sites excluding steroid dienone is 1. The number of hydrogen-bond donors (Lipinski definition) is 2. The number of nitrogens with one attached hydrogen (secondary N) is 2. The number of hydrogen-bond acceptors (Lipinski definition) is 5. The van der Waals surface area contributed by atoms with Crippen LogP contribution >= 0.6 is 0 Å². The van der Waals surface area contributed by atoms with Gasteiger partial charge in [0.25, 0.3) is 5.91 Å². The van der Waals surface area contributed by atoms with Crippen LogP contribution in [0.5, 0.6) is 0 Å². The maximum Gasteiger partial charge on any atom is 0.253 e.